The van der Waals surface area contributed by atoms with Gasteiger partial charge >= 0.3 is 6.18 Å². The Morgan fingerprint density at radius 1 is 1.09 bits per heavy atom. The standard InChI is InChI=1S/C22H20F3N5OS/c1-13(2)31-17-5-3-14(4-6-17)21-27-12-18(32-21)11-26-16-7-19(15-9-28-29-10-15)30-20(8-16)22(23,24)25/h3-10,12-13H,11H2,1-2H3,(H,26,30)(H,28,29). The number of pyridine rings is 1. The molecule has 3 heterocycles. The van der Waals surface area contributed by atoms with E-state index in [0.717, 1.165) is 27.3 Å². The lowest BCUT2D eigenvalue weighted by Gasteiger charge is -2.12. The van der Waals surface area contributed by atoms with Crippen LogP contribution in [0.1, 0.15) is 24.4 Å². The van der Waals surface area contributed by atoms with E-state index < -0.39 is 11.9 Å². The molecule has 0 amide bonds. The number of hydrogen-bond donors (Lipinski definition) is 2. The van der Waals surface area contributed by atoms with Gasteiger partial charge in [-0.15, -0.1) is 11.3 Å². The first-order valence-corrected chi connectivity index (χ1v) is 10.6. The molecule has 0 aliphatic heterocycles. The Hall–Kier alpha value is -3.40. The van der Waals surface area contributed by atoms with Crippen molar-refractivity contribution in [2.75, 3.05) is 5.32 Å². The van der Waals surface area contributed by atoms with Crippen molar-refractivity contribution in [3.05, 3.63) is 65.6 Å². The van der Waals surface area contributed by atoms with Crippen LogP contribution in [-0.2, 0) is 12.7 Å². The summed E-state index contributed by atoms with van der Waals surface area (Å²) in [4.78, 5) is 9.05. The van der Waals surface area contributed by atoms with E-state index in [1.807, 2.05) is 38.1 Å². The van der Waals surface area contributed by atoms with Gasteiger partial charge in [-0.25, -0.2) is 9.97 Å². The zero-order chi connectivity index (χ0) is 22.7. The molecule has 32 heavy (non-hydrogen) atoms. The zero-order valence-corrected chi connectivity index (χ0v) is 18.1. The number of thiazole rings is 1. The lowest BCUT2D eigenvalue weighted by Crippen LogP contribution is -2.10. The van der Waals surface area contributed by atoms with Crippen LogP contribution in [0, 0.1) is 0 Å². The molecule has 0 atom stereocenters. The van der Waals surface area contributed by atoms with Crippen LogP contribution in [-0.4, -0.2) is 26.3 Å². The van der Waals surface area contributed by atoms with Gasteiger partial charge < -0.3 is 10.1 Å². The fourth-order valence-electron chi connectivity index (χ4n) is 2.98. The Bertz CT molecular complexity index is 1170. The highest BCUT2D eigenvalue weighted by Crippen LogP contribution is 2.33. The molecule has 0 unspecified atom stereocenters. The van der Waals surface area contributed by atoms with E-state index in [9.17, 15) is 13.2 Å². The molecule has 10 heteroatoms. The molecule has 6 nitrogen and oxygen atoms in total. The second-order valence-electron chi connectivity index (χ2n) is 7.29. The number of nitrogens with one attached hydrogen (secondary N) is 2. The van der Waals surface area contributed by atoms with Crippen molar-refractivity contribution in [3.8, 4) is 27.6 Å². The molecule has 0 aliphatic carbocycles. The number of aromatic amines is 1. The number of hydrogen-bond acceptors (Lipinski definition) is 6. The average Bonchev–Trinajstić information content (AvgIpc) is 3.44. The van der Waals surface area contributed by atoms with Crippen molar-refractivity contribution in [2.24, 2.45) is 0 Å². The second-order valence-corrected chi connectivity index (χ2v) is 8.40. The molecule has 0 saturated carbocycles. The van der Waals surface area contributed by atoms with Crippen molar-refractivity contribution in [2.45, 2.75) is 32.7 Å². The first-order chi connectivity index (χ1) is 15.3. The molecular formula is C22H20F3N5OS. The number of H-pyrrole nitrogens is 1. The van der Waals surface area contributed by atoms with Crippen molar-refractivity contribution in [1.82, 2.24) is 20.2 Å². The summed E-state index contributed by atoms with van der Waals surface area (Å²) in [6, 6.07) is 10.2. The maximum atomic E-state index is 13.3. The Morgan fingerprint density at radius 3 is 2.53 bits per heavy atom. The SMILES string of the molecule is CC(C)Oc1ccc(-c2ncc(CNc3cc(-c4cn[nH]c4)nc(C(F)(F)F)c3)s2)cc1. The molecule has 0 fully saturated rings. The van der Waals surface area contributed by atoms with Crippen LogP contribution in [0.5, 0.6) is 5.75 Å². The lowest BCUT2D eigenvalue weighted by molar-refractivity contribution is -0.141. The number of benzene rings is 1. The maximum Gasteiger partial charge on any atom is 0.433 e. The molecule has 4 aromatic rings. The molecule has 0 spiro atoms. The monoisotopic (exact) mass is 459 g/mol. The minimum Gasteiger partial charge on any atom is -0.491 e. The van der Waals surface area contributed by atoms with Crippen molar-refractivity contribution < 1.29 is 17.9 Å². The molecule has 4 rings (SSSR count). The van der Waals surface area contributed by atoms with Gasteiger partial charge in [-0.05, 0) is 50.2 Å². The van der Waals surface area contributed by atoms with Gasteiger partial charge in [-0.1, -0.05) is 0 Å². The van der Waals surface area contributed by atoms with Gasteiger partial charge in [0.15, 0.2) is 0 Å². The molecule has 1 aromatic carbocycles. The first kappa shape index (κ1) is 21.8. The number of ether oxygens (including phenoxy) is 1. The topological polar surface area (TPSA) is 75.7 Å². The molecule has 0 bridgehead atoms. The Balaban J connectivity index is 1.49. The van der Waals surface area contributed by atoms with E-state index in [0.29, 0.717) is 17.8 Å². The van der Waals surface area contributed by atoms with Gasteiger partial charge in [-0.2, -0.15) is 18.3 Å². The van der Waals surface area contributed by atoms with Crippen LogP contribution < -0.4 is 10.1 Å². The Morgan fingerprint density at radius 2 is 1.88 bits per heavy atom. The van der Waals surface area contributed by atoms with E-state index in [-0.39, 0.29) is 11.8 Å². The van der Waals surface area contributed by atoms with E-state index in [2.05, 4.69) is 25.5 Å². The fourth-order valence-corrected chi connectivity index (χ4v) is 3.83. The van der Waals surface area contributed by atoms with Crippen LogP contribution in [0.2, 0.25) is 0 Å². The predicted molar refractivity (Wildman–Crippen MR) is 117 cm³/mol. The van der Waals surface area contributed by atoms with Crippen LogP contribution >= 0.6 is 11.3 Å². The third-order valence-electron chi connectivity index (χ3n) is 4.40. The van der Waals surface area contributed by atoms with E-state index in [4.69, 9.17) is 4.74 Å². The van der Waals surface area contributed by atoms with Gasteiger partial charge in [0.1, 0.15) is 16.5 Å². The summed E-state index contributed by atoms with van der Waals surface area (Å²) in [5.74, 6) is 0.786. The van der Waals surface area contributed by atoms with Crippen LogP contribution in [0.15, 0.2) is 55.0 Å². The summed E-state index contributed by atoms with van der Waals surface area (Å²) >= 11 is 1.47. The smallest absolute Gasteiger partial charge is 0.433 e. The summed E-state index contributed by atoms with van der Waals surface area (Å²) in [6.45, 7) is 4.26. The van der Waals surface area contributed by atoms with Crippen molar-refractivity contribution in [3.63, 3.8) is 0 Å². The first-order valence-electron chi connectivity index (χ1n) is 9.82. The molecule has 0 aliphatic rings. The van der Waals surface area contributed by atoms with Gasteiger partial charge in [0, 0.05) is 34.1 Å². The second kappa shape index (κ2) is 8.99. The van der Waals surface area contributed by atoms with Gasteiger partial charge in [0.2, 0.25) is 0 Å². The minimum atomic E-state index is -4.56. The normalized spacial score (nSPS) is 11.7. The van der Waals surface area contributed by atoms with E-state index >= 15 is 0 Å². The maximum absolute atomic E-state index is 13.3. The molecule has 3 aromatic heterocycles. The largest absolute Gasteiger partial charge is 0.491 e. The summed E-state index contributed by atoms with van der Waals surface area (Å²) in [5.41, 5.74) is 0.956. The lowest BCUT2D eigenvalue weighted by atomic mass is 10.2. The predicted octanol–water partition coefficient (Wildman–Crippen LogP) is 6.01. The van der Waals surface area contributed by atoms with Crippen molar-refractivity contribution >= 4 is 17.0 Å². The van der Waals surface area contributed by atoms with Crippen LogP contribution in [0.4, 0.5) is 18.9 Å². The van der Waals surface area contributed by atoms with Crippen molar-refractivity contribution in [1.29, 1.82) is 0 Å². The number of alkyl halides is 3. The highest BCUT2D eigenvalue weighted by Gasteiger charge is 2.33. The Kier molecular flexibility index (Phi) is 6.13. The zero-order valence-electron chi connectivity index (χ0n) is 17.3. The highest BCUT2D eigenvalue weighted by molar-refractivity contribution is 7.15. The quantitative estimate of drug-likeness (QED) is 0.354. The number of halogens is 3. The number of rotatable bonds is 7. The van der Waals surface area contributed by atoms with Gasteiger partial charge in [-0.3, -0.25) is 5.10 Å². The number of anilines is 1. The Labute approximate surface area is 186 Å². The minimum absolute atomic E-state index is 0.0958. The summed E-state index contributed by atoms with van der Waals surface area (Å²) in [7, 11) is 0. The van der Waals surface area contributed by atoms with Gasteiger partial charge in [0.25, 0.3) is 0 Å². The molecular weight excluding hydrogens is 439 g/mol. The van der Waals surface area contributed by atoms with Crippen LogP contribution in [0.25, 0.3) is 21.8 Å². The molecule has 0 saturated heterocycles. The highest BCUT2D eigenvalue weighted by atomic mass is 32.1. The fraction of sp³-hybridized carbons (Fsp3) is 0.227. The van der Waals surface area contributed by atoms with E-state index in [1.165, 1.54) is 23.7 Å². The number of nitrogens with zero attached hydrogens (tertiary/aromatic N) is 3. The molecule has 0 radical (unpaired) electrons. The number of aromatic nitrogens is 4. The molecule has 2 N–H and O–H groups in total. The average molecular weight is 459 g/mol. The summed E-state index contributed by atoms with van der Waals surface area (Å²) < 4.78 is 45.6. The summed E-state index contributed by atoms with van der Waals surface area (Å²) in [5, 5.41) is 10.2. The third kappa shape index (κ3) is 5.25. The van der Waals surface area contributed by atoms with E-state index in [1.54, 1.807) is 12.3 Å². The van der Waals surface area contributed by atoms with Gasteiger partial charge in [0.05, 0.1) is 24.5 Å². The molecule has 166 valence electrons. The third-order valence-corrected chi connectivity index (χ3v) is 5.45. The summed E-state index contributed by atoms with van der Waals surface area (Å²) in [6.07, 6.45) is 0.185. The van der Waals surface area contributed by atoms with Crippen LogP contribution in [0.3, 0.4) is 0 Å².